The van der Waals surface area contributed by atoms with Crippen LogP contribution in [0.4, 0.5) is 5.13 Å². The van der Waals surface area contributed by atoms with E-state index < -0.39 is 0 Å². The number of ether oxygens (including phenoxy) is 1. The van der Waals surface area contributed by atoms with E-state index in [-0.39, 0.29) is 12.3 Å². The molecule has 4 aromatic rings. The third-order valence-corrected chi connectivity index (χ3v) is 6.69. The Morgan fingerprint density at radius 3 is 2.76 bits per heavy atom. The standard InChI is InChI=1S/C25H25N5O3S/c1-32-19-9-7-18(8-10-19)24-28-23(33-29-24)12-11-22(31)27-25-26-20-13-14-30(16-21(20)34-25)15-17-5-3-2-4-6-17/h2-10H,11-16H2,1H3,(H,26,27,31). The van der Waals surface area contributed by atoms with Gasteiger partial charge in [0.25, 0.3) is 0 Å². The van der Waals surface area contributed by atoms with Crippen LogP contribution < -0.4 is 10.1 Å². The number of rotatable bonds is 8. The first-order valence-electron chi connectivity index (χ1n) is 11.2. The first kappa shape index (κ1) is 22.2. The molecular weight excluding hydrogens is 450 g/mol. The van der Waals surface area contributed by atoms with Gasteiger partial charge in [-0.1, -0.05) is 35.5 Å². The van der Waals surface area contributed by atoms with Crippen molar-refractivity contribution in [3.05, 3.63) is 76.6 Å². The fraction of sp³-hybridized carbons (Fsp3) is 0.280. The number of aromatic nitrogens is 3. The summed E-state index contributed by atoms with van der Waals surface area (Å²) in [4.78, 5) is 25.2. The summed E-state index contributed by atoms with van der Waals surface area (Å²) in [5, 5.41) is 7.60. The average molecular weight is 476 g/mol. The topological polar surface area (TPSA) is 93.4 Å². The maximum atomic E-state index is 12.5. The van der Waals surface area contributed by atoms with Gasteiger partial charge >= 0.3 is 0 Å². The molecule has 0 bridgehead atoms. The van der Waals surface area contributed by atoms with E-state index in [4.69, 9.17) is 9.26 Å². The predicted octanol–water partition coefficient (Wildman–Crippen LogP) is 4.33. The normalized spacial score (nSPS) is 13.4. The lowest BCUT2D eigenvalue weighted by Gasteiger charge is -2.25. The molecule has 0 saturated heterocycles. The van der Waals surface area contributed by atoms with Crippen molar-refractivity contribution in [2.75, 3.05) is 19.0 Å². The molecule has 2 aromatic carbocycles. The zero-order valence-corrected chi connectivity index (χ0v) is 19.7. The van der Waals surface area contributed by atoms with E-state index in [0.29, 0.717) is 23.3 Å². The number of hydrogen-bond acceptors (Lipinski definition) is 8. The Labute approximate surface area is 201 Å². The highest BCUT2D eigenvalue weighted by Crippen LogP contribution is 2.29. The van der Waals surface area contributed by atoms with Gasteiger partial charge in [0.15, 0.2) is 5.13 Å². The summed E-state index contributed by atoms with van der Waals surface area (Å²) < 4.78 is 10.5. The number of nitrogens with one attached hydrogen (secondary N) is 1. The molecule has 2 aromatic heterocycles. The number of amides is 1. The number of fused-ring (bicyclic) bond motifs is 1. The van der Waals surface area contributed by atoms with E-state index in [2.05, 4.69) is 49.6 Å². The van der Waals surface area contributed by atoms with Gasteiger partial charge in [-0.3, -0.25) is 9.69 Å². The van der Waals surface area contributed by atoms with Crippen LogP contribution >= 0.6 is 11.3 Å². The van der Waals surface area contributed by atoms with E-state index in [9.17, 15) is 4.79 Å². The molecule has 3 heterocycles. The lowest BCUT2D eigenvalue weighted by molar-refractivity contribution is -0.116. The second-order valence-electron chi connectivity index (χ2n) is 8.12. The van der Waals surface area contributed by atoms with Crippen LogP contribution in [0.3, 0.4) is 0 Å². The summed E-state index contributed by atoms with van der Waals surface area (Å²) in [5.41, 5.74) is 3.22. The Hall–Kier alpha value is -3.56. The second-order valence-corrected chi connectivity index (χ2v) is 9.21. The van der Waals surface area contributed by atoms with Gasteiger partial charge in [0.2, 0.25) is 17.6 Å². The number of benzene rings is 2. The van der Waals surface area contributed by atoms with E-state index in [0.717, 1.165) is 43.1 Å². The summed E-state index contributed by atoms with van der Waals surface area (Å²) in [5.74, 6) is 1.56. The van der Waals surface area contributed by atoms with Crippen LogP contribution in [-0.4, -0.2) is 39.6 Å². The molecule has 9 heteroatoms. The van der Waals surface area contributed by atoms with Crippen molar-refractivity contribution in [1.82, 2.24) is 20.0 Å². The van der Waals surface area contributed by atoms with Gasteiger partial charge in [-0.2, -0.15) is 4.98 Å². The van der Waals surface area contributed by atoms with E-state index in [1.807, 2.05) is 30.3 Å². The molecule has 1 aliphatic rings. The minimum Gasteiger partial charge on any atom is -0.497 e. The summed E-state index contributed by atoms with van der Waals surface area (Å²) in [6, 6.07) is 17.9. The van der Waals surface area contributed by atoms with E-state index >= 15 is 0 Å². The minimum absolute atomic E-state index is 0.114. The Kier molecular flexibility index (Phi) is 6.64. The average Bonchev–Trinajstić information content (AvgIpc) is 3.50. The zero-order chi connectivity index (χ0) is 23.3. The maximum Gasteiger partial charge on any atom is 0.227 e. The summed E-state index contributed by atoms with van der Waals surface area (Å²) in [6.07, 6.45) is 1.50. The Morgan fingerprint density at radius 2 is 1.97 bits per heavy atom. The van der Waals surface area contributed by atoms with Crippen molar-refractivity contribution in [3.8, 4) is 17.1 Å². The maximum absolute atomic E-state index is 12.5. The molecule has 0 saturated carbocycles. The highest BCUT2D eigenvalue weighted by atomic mass is 32.1. The van der Waals surface area contributed by atoms with Crippen molar-refractivity contribution < 1.29 is 14.1 Å². The van der Waals surface area contributed by atoms with Gasteiger partial charge < -0.3 is 14.6 Å². The molecule has 0 aliphatic carbocycles. The number of aryl methyl sites for hydroxylation is 1. The molecule has 0 fully saturated rings. The molecule has 5 rings (SSSR count). The molecule has 0 unspecified atom stereocenters. The number of nitrogens with zero attached hydrogens (tertiary/aromatic N) is 4. The molecule has 0 radical (unpaired) electrons. The molecule has 1 amide bonds. The van der Waals surface area contributed by atoms with Crippen LogP contribution in [0, 0.1) is 0 Å². The van der Waals surface area contributed by atoms with Crippen LogP contribution in [0.25, 0.3) is 11.4 Å². The number of hydrogen-bond donors (Lipinski definition) is 1. The smallest absolute Gasteiger partial charge is 0.227 e. The van der Waals surface area contributed by atoms with Crippen molar-refractivity contribution in [2.45, 2.75) is 32.4 Å². The molecule has 174 valence electrons. The van der Waals surface area contributed by atoms with Crippen LogP contribution in [0.1, 0.15) is 28.4 Å². The quantitative estimate of drug-likeness (QED) is 0.405. The Bertz CT molecular complexity index is 1250. The summed E-state index contributed by atoms with van der Waals surface area (Å²) in [7, 11) is 1.62. The Balaban J connectivity index is 1.13. The van der Waals surface area contributed by atoms with Gasteiger partial charge in [-0.05, 0) is 29.8 Å². The third kappa shape index (κ3) is 5.32. The first-order chi connectivity index (χ1) is 16.7. The van der Waals surface area contributed by atoms with Gasteiger partial charge in [-0.25, -0.2) is 4.98 Å². The second kappa shape index (κ2) is 10.1. The SMILES string of the molecule is COc1ccc(-c2noc(CCC(=O)Nc3nc4c(s3)CN(Cc3ccccc3)CC4)n2)cc1. The van der Waals surface area contributed by atoms with Crippen molar-refractivity contribution >= 4 is 22.4 Å². The molecule has 1 N–H and O–H groups in total. The number of methoxy groups -OCH3 is 1. The summed E-state index contributed by atoms with van der Waals surface area (Å²) in [6.45, 7) is 2.74. The molecule has 8 nitrogen and oxygen atoms in total. The monoisotopic (exact) mass is 475 g/mol. The minimum atomic E-state index is -0.114. The molecule has 34 heavy (non-hydrogen) atoms. The molecule has 1 aliphatic heterocycles. The van der Waals surface area contributed by atoms with Crippen LogP contribution in [0.5, 0.6) is 5.75 Å². The highest BCUT2D eigenvalue weighted by molar-refractivity contribution is 7.15. The zero-order valence-electron chi connectivity index (χ0n) is 18.9. The van der Waals surface area contributed by atoms with Gasteiger partial charge in [0, 0.05) is 49.3 Å². The number of anilines is 1. The summed E-state index contributed by atoms with van der Waals surface area (Å²) >= 11 is 1.56. The highest BCUT2D eigenvalue weighted by Gasteiger charge is 2.21. The fourth-order valence-corrected chi connectivity index (χ4v) is 4.96. The lowest BCUT2D eigenvalue weighted by Crippen LogP contribution is -2.29. The molecular formula is C25H25N5O3S. The fourth-order valence-electron chi connectivity index (χ4n) is 3.89. The number of thiazole rings is 1. The van der Waals surface area contributed by atoms with E-state index in [1.165, 1.54) is 10.4 Å². The third-order valence-electron chi connectivity index (χ3n) is 5.69. The lowest BCUT2D eigenvalue weighted by atomic mass is 10.1. The van der Waals surface area contributed by atoms with Crippen LogP contribution in [-0.2, 0) is 30.7 Å². The van der Waals surface area contributed by atoms with Crippen LogP contribution in [0.15, 0.2) is 59.1 Å². The molecule has 0 spiro atoms. The number of carbonyl (C=O) groups excluding carboxylic acids is 1. The van der Waals surface area contributed by atoms with Crippen molar-refractivity contribution in [2.24, 2.45) is 0 Å². The van der Waals surface area contributed by atoms with Crippen molar-refractivity contribution in [3.63, 3.8) is 0 Å². The van der Waals surface area contributed by atoms with Gasteiger partial charge in [0.05, 0.1) is 12.8 Å². The first-order valence-corrected chi connectivity index (χ1v) is 12.0. The molecule has 0 atom stereocenters. The van der Waals surface area contributed by atoms with Gasteiger partial charge in [-0.15, -0.1) is 11.3 Å². The predicted molar refractivity (Wildman–Crippen MR) is 130 cm³/mol. The number of carbonyl (C=O) groups is 1. The van der Waals surface area contributed by atoms with Gasteiger partial charge in [0.1, 0.15) is 5.75 Å². The Morgan fingerprint density at radius 1 is 1.15 bits per heavy atom. The largest absolute Gasteiger partial charge is 0.497 e. The van der Waals surface area contributed by atoms with Crippen LogP contribution in [0.2, 0.25) is 0 Å². The van der Waals surface area contributed by atoms with E-state index in [1.54, 1.807) is 18.4 Å². The van der Waals surface area contributed by atoms with Crippen molar-refractivity contribution in [1.29, 1.82) is 0 Å².